The Morgan fingerprint density at radius 3 is 3.06 bits per heavy atom. The molecule has 0 radical (unpaired) electrons. The topological polar surface area (TPSA) is 59.4 Å². The predicted octanol–water partition coefficient (Wildman–Crippen LogP) is 1.79. The largest absolute Gasteiger partial charge is 0.462 e. The van der Waals surface area contributed by atoms with Gasteiger partial charge in [0.05, 0.1) is 19.0 Å². The van der Waals surface area contributed by atoms with Crippen molar-refractivity contribution in [2.45, 2.75) is 26.7 Å². The first-order chi connectivity index (χ1) is 7.76. The highest BCUT2D eigenvalue weighted by Gasteiger charge is 2.15. The van der Waals surface area contributed by atoms with Gasteiger partial charge in [0.15, 0.2) is 0 Å². The number of nitrogens with one attached hydrogen (secondary N) is 1. The lowest BCUT2D eigenvalue weighted by Gasteiger charge is -1.97. The minimum Gasteiger partial charge on any atom is -0.462 e. The second-order valence-corrected chi connectivity index (χ2v) is 3.60. The molecule has 2 aromatic rings. The van der Waals surface area contributed by atoms with Gasteiger partial charge in [0.2, 0.25) is 0 Å². The molecule has 0 saturated heterocycles. The van der Waals surface area contributed by atoms with E-state index < -0.39 is 0 Å². The summed E-state index contributed by atoms with van der Waals surface area (Å²) in [6.07, 6.45) is 5.44. The Balaban J connectivity index is 2.35. The Morgan fingerprint density at radius 1 is 1.56 bits per heavy atom. The van der Waals surface area contributed by atoms with Gasteiger partial charge in [0.25, 0.3) is 0 Å². The number of hydrogen-bond acceptors (Lipinski definition) is 3. The number of H-pyrrole nitrogens is 1. The molecule has 2 rings (SSSR count). The molecule has 0 fully saturated rings. The Bertz CT molecular complexity index is 498. The molecule has 0 aliphatic heterocycles. The van der Waals surface area contributed by atoms with Crippen LogP contribution in [0.1, 0.15) is 36.3 Å². The summed E-state index contributed by atoms with van der Waals surface area (Å²) < 4.78 is 6.63. The van der Waals surface area contributed by atoms with Gasteiger partial charge in [-0.1, -0.05) is 13.3 Å². The maximum absolute atomic E-state index is 11.6. The van der Waals surface area contributed by atoms with Crippen LogP contribution in [0.25, 0.3) is 5.65 Å². The summed E-state index contributed by atoms with van der Waals surface area (Å²) in [6.45, 7) is 4.27. The van der Waals surface area contributed by atoms with Crippen LogP contribution in [0.2, 0.25) is 0 Å². The zero-order valence-electron chi connectivity index (χ0n) is 9.49. The quantitative estimate of drug-likeness (QED) is 0.801. The summed E-state index contributed by atoms with van der Waals surface area (Å²) >= 11 is 0. The maximum Gasteiger partial charge on any atom is 0.343 e. The zero-order valence-corrected chi connectivity index (χ0v) is 9.49. The first kappa shape index (κ1) is 10.7. The Labute approximate surface area is 93.4 Å². The highest BCUT2D eigenvalue weighted by Crippen LogP contribution is 2.12. The molecule has 5 heteroatoms. The Kier molecular flexibility index (Phi) is 2.94. The molecule has 2 aromatic heterocycles. The summed E-state index contributed by atoms with van der Waals surface area (Å²) in [7, 11) is 0. The summed E-state index contributed by atoms with van der Waals surface area (Å²) in [5.41, 5.74) is 2.28. The van der Waals surface area contributed by atoms with Crippen LogP contribution >= 0.6 is 0 Å². The van der Waals surface area contributed by atoms with Crippen molar-refractivity contribution in [3.8, 4) is 0 Å². The lowest BCUT2D eigenvalue weighted by Crippen LogP contribution is -2.04. The van der Waals surface area contributed by atoms with Crippen LogP contribution in [0.15, 0.2) is 12.4 Å². The van der Waals surface area contributed by atoms with Gasteiger partial charge in [-0.2, -0.15) is 5.10 Å². The average Bonchev–Trinajstić information content (AvgIpc) is 2.77. The predicted molar refractivity (Wildman–Crippen MR) is 59.5 cm³/mol. The van der Waals surface area contributed by atoms with Gasteiger partial charge >= 0.3 is 5.97 Å². The molecule has 0 unspecified atom stereocenters. The molecular weight excluding hydrogens is 206 g/mol. The van der Waals surface area contributed by atoms with Crippen molar-refractivity contribution in [3.63, 3.8) is 0 Å². The van der Waals surface area contributed by atoms with Crippen molar-refractivity contribution in [1.82, 2.24) is 14.6 Å². The zero-order chi connectivity index (χ0) is 11.5. The number of aryl methyl sites for hydroxylation is 1. The number of carbonyl (C=O) groups is 1. The number of esters is 1. The van der Waals surface area contributed by atoms with Crippen LogP contribution in [0, 0.1) is 0 Å². The normalized spacial score (nSPS) is 10.9. The van der Waals surface area contributed by atoms with Gasteiger partial charge in [0.1, 0.15) is 11.2 Å². The van der Waals surface area contributed by atoms with Crippen LogP contribution < -0.4 is 0 Å². The lowest BCUT2D eigenvalue weighted by atomic mass is 10.3. The smallest absolute Gasteiger partial charge is 0.343 e. The molecule has 0 atom stereocenters. The highest BCUT2D eigenvalue weighted by molar-refractivity contribution is 5.95. The lowest BCUT2D eigenvalue weighted by molar-refractivity contribution is 0.0528. The molecule has 0 aliphatic rings. The monoisotopic (exact) mass is 221 g/mol. The minimum absolute atomic E-state index is 0.331. The molecule has 0 bridgehead atoms. The van der Waals surface area contributed by atoms with Gasteiger partial charge in [-0.25, -0.2) is 9.31 Å². The van der Waals surface area contributed by atoms with Crippen LogP contribution in [-0.2, 0) is 11.2 Å². The van der Waals surface area contributed by atoms with Crippen molar-refractivity contribution in [3.05, 3.63) is 23.7 Å². The van der Waals surface area contributed by atoms with Crippen molar-refractivity contribution >= 4 is 11.6 Å². The Hall–Kier alpha value is -1.78. The number of aromatic amines is 1. The van der Waals surface area contributed by atoms with Crippen LogP contribution in [0.4, 0.5) is 0 Å². The fourth-order valence-corrected chi connectivity index (χ4v) is 1.67. The molecule has 86 valence electrons. The third kappa shape index (κ3) is 1.80. The molecule has 0 amide bonds. The van der Waals surface area contributed by atoms with Crippen molar-refractivity contribution in [1.29, 1.82) is 0 Å². The van der Waals surface area contributed by atoms with E-state index in [4.69, 9.17) is 4.74 Å². The van der Waals surface area contributed by atoms with E-state index in [1.54, 1.807) is 11.4 Å². The third-order valence-corrected chi connectivity index (χ3v) is 2.37. The second kappa shape index (κ2) is 4.38. The van der Waals surface area contributed by atoms with Gasteiger partial charge in [-0.3, -0.25) is 0 Å². The van der Waals surface area contributed by atoms with E-state index in [9.17, 15) is 4.79 Å². The van der Waals surface area contributed by atoms with E-state index in [0.717, 1.165) is 18.5 Å². The standard InChI is InChI=1S/C11H15N3O2/c1-3-5-8-7-14-10(13-8)9(6-12-14)11(15)16-4-2/h6-7,13H,3-5H2,1-2H3. The summed E-state index contributed by atoms with van der Waals surface area (Å²) in [4.78, 5) is 14.8. The van der Waals surface area contributed by atoms with E-state index in [0.29, 0.717) is 17.8 Å². The van der Waals surface area contributed by atoms with Crippen LogP contribution in [-0.4, -0.2) is 27.2 Å². The molecular formula is C11H15N3O2. The minimum atomic E-state index is -0.331. The van der Waals surface area contributed by atoms with Crippen molar-refractivity contribution < 1.29 is 9.53 Å². The fourth-order valence-electron chi connectivity index (χ4n) is 1.67. The number of hydrogen-bond donors (Lipinski definition) is 1. The Morgan fingerprint density at radius 2 is 2.38 bits per heavy atom. The van der Waals surface area contributed by atoms with E-state index in [-0.39, 0.29) is 5.97 Å². The maximum atomic E-state index is 11.6. The van der Waals surface area contributed by atoms with Crippen molar-refractivity contribution in [2.24, 2.45) is 0 Å². The third-order valence-electron chi connectivity index (χ3n) is 2.37. The number of ether oxygens (including phenoxy) is 1. The molecule has 16 heavy (non-hydrogen) atoms. The summed E-state index contributed by atoms with van der Waals surface area (Å²) in [6, 6.07) is 0. The molecule has 1 N–H and O–H groups in total. The van der Waals surface area contributed by atoms with Crippen molar-refractivity contribution in [2.75, 3.05) is 6.61 Å². The molecule has 2 heterocycles. The molecule has 0 spiro atoms. The van der Waals surface area contributed by atoms with E-state index in [1.165, 1.54) is 6.20 Å². The van der Waals surface area contributed by atoms with E-state index in [2.05, 4.69) is 17.0 Å². The number of carbonyl (C=O) groups excluding carboxylic acids is 1. The number of aromatic nitrogens is 3. The van der Waals surface area contributed by atoms with Gasteiger partial charge in [0, 0.05) is 5.69 Å². The van der Waals surface area contributed by atoms with E-state index in [1.807, 2.05) is 6.20 Å². The molecule has 5 nitrogen and oxygen atoms in total. The van der Waals surface area contributed by atoms with Gasteiger partial charge < -0.3 is 9.72 Å². The summed E-state index contributed by atoms with van der Waals surface area (Å²) in [5, 5.41) is 4.11. The first-order valence-corrected chi connectivity index (χ1v) is 5.48. The van der Waals surface area contributed by atoms with Crippen LogP contribution in [0.3, 0.4) is 0 Å². The number of fused-ring (bicyclic) bond motifs is 1. The van der Waals surface area contributed by atoms with Crippen LogP contribution in [0.5, 0.6) is 0 Å². The SMILES string of the molecule is CCCc1cn2ncc(C(=O)OCC)c2[nH]1. The molecule has 0 saturated carbocycles. The highest BCUT2D eigenvalue weighted by atomic mass is 16.5. The fraction of sp³-hybridized carbons (Fsp3) is 0.455. The van der Waals surface area contributed by atoms with Gasteiger partial charge in [-0.05, 0) is 13.3 Å². The summed E-state index contributed by atoms with van der Waals surface area (Å²) in [5.74, 6) is -0.331. The van der Waals surface area contributed by atoms with E-state index >= 15 is 0 Å². The number of rotatable bonds is 4. The second-order valence-electron chi connectivity index (χ2n) is 3.60. The number of imidazole rings is 1. The molecule has 0 aromatic carbocycles. The number of nitrogens with zero attached hydrogens (tertiary/aromatic N) is 2. The van der Waals surface area contributed by atoms with Gasteiger partial charge in [-0.15, -0.1) is 0 Å². The molecule has 0 aliphatic carbocycles. The average molecular weight is 221 g/mol. The first-order valence-electron chi connectivity index (χ1n) is 5.48.